The summed E-state index contributed by atoms with van der Waals surface area (Å²) in [5.41, 5.74) is -0.00857. The van der Waals surface area contributed by atoms with Crippen molar-refractivity contribution in [1.82, 2.24) is 0 Å². The molecule has 6 nitrogen and oxygen atoms in total. The zero-order valence-corrected chi connectivity index (χ0v) is 11.9. The highest BCUT2D eigenvalue weighted by molar-refractivity contribution is 5.91. The van der Waals surface area contributed by atoms with Gasteiger partial charge >= 0.3 is 5.97 Å². The highest BCUT2D eigenvalue weighted by Crippen LogP contribution is 2.35. The average molecular weight is 298 g/mol. The predicted molar refractivity (Wildman–Crippen MR) is 76.5 cm³/mol. The van der Waals surface area contributed by atoms with E-state index in [0.717, 1.165) is 50.7 Å². The highest BCUT2D eigenvalue weighted by Gasteiger charge is 2.14. The second-order valence-corrected chi connectivity index (χ2v) is 4.84. The molecule has 0 saturated carbocycles. The van der Waals surface area contributed by atoms with E-state index in [2.05, 4.69) is 0 Å². The number of ether oxygens (including phenoxy) is 1. The largest absolute Gasteiger partial charge is 0.504 e. The van der Waals surface area contributed by atoms with Gasteiger partial charge in [-0.15, -0.1) is 0 Å². The van der Waals surface area contributed by atoms with Gasteiger partial charge in [-0.1, -0.05) is 25.7 Å². The van der Waals surface area contributed by atoms with Crippen molar-refractivity contribution in [1.29, 1.82) is 0 Å². The molecule has 0 aromatic heterocycles. The van der Waals surface area contributed by atoms with Crippen LogP contribution in [0.2, 0.25) is 0 Å². The summed E-state index contributed by atoms with van der Waals surface area (Å²) in [5, 5.41) is 36.4. The molecule has 0 bridgehead atoms. The molecule has 0 unspecified atom stereocenters. The van der Waals surface area contributed by atoms with E-state index in [1.165, 1.54) is 0 Å². The van der Waals surface area contributed by atoms with E-state index >= 15 is 0 Å². The quantitative estimate of drug-likeness (QED) is 0.316. The molecule has 0 heterocycles. The molecule has 1 rings (SSSR count). The van der Waals surface area contributed by atoms with Crippen LogP contribution < -0.4 is 0 Å². The number of unbranched alkanes of at least 4 members (excludes halogenated alkanes) is 5. The number of benzene rings is 1. The van der Waals surface area contributed by atoms with Crippen LogP contribution in [0.5, 0.6) is 17.2 Å². The van der Waals surface area contributed by atoms with E-state index in [1.54, 1.807) is 0 Å². The Bertz CT molecular complexity index is 434. The predicted octanol–water partition coefficient (Wildman–Crippen LogP) is 2.29. The van der Waals surface area contributed by atoms with Gasteiger partial charge in [-0.25, -0.2) is 4.79 Å². The Balaban J connectivity index is 2.25. The van der Waals surface area contributed by atoms with E-state index in [1.807, 2.05) is 0 Å². The minimum Gasteiger partial charge on any atom is -0.504 e. The third-order valence-electron chi connectivity index (χ3n) is 3.09. The normalized spacial score (nSPS) is 10.5. The number of aliphatic hydroxyl groups is 1. The fourth-order valence-corrected chi connectivity index (χ4v) is 1.89. The highest BCUT2D eigenvalue weighted by atomic mass is 16.5. The minimum atomic E-state index is -0.658. The Morgan fingerprint density at radius 1 is 0.905 bits per heavy atom. The van der Waals surface area contributed by atoms with Crippen molar-refractivity contribution in [3.8, 4) is 17.2 Å². The first-order valence-electron chi connectivity index (χ1n) is 7.09. The third-order valence-corrected chi connectivity index (χ3v) is 3.09. The van der Waals surface area contributed by atoms with Crippen LogP contribution in [0.15, 0.2) is 12.1 Å². The minimum absolute atomic E-state index is 0.00857. The Hall–Kier alpha value is -1.95. The molecule has 1 aromatic carbocycles. The topological polar surface area (TPSA) is 107 Å². The van der Waals surface area contributed by atoms with Gasteiger partial charge in [0.25, 0.3) is 0 Å². The summed E-state index contributed by atoms with van der Waals surface area (Å²) in [5.74, 6) is -2.44. The first-order chi connectivity index (χ1) is 10.1. The molecule has 1 aromatic rings. The lowest BCUT2D eigenvalue weighted by molar-refractivity contribution is 0.0496. The first-order valence-corrected chi connectivity index (χ1v) is 7.09. The number of rotatable bonds is 9. The molecule has 4 N–H and O–H groups in total. The van der Waals surface area contributed by atoms with Gasteiger partial charge in [-0.05, 0) is 25.0 Å². The maximum atomic E-state index is 11.7. The second kappa shape index (κ2) is 9.07. The molecule has 0 aliphatic carbocycles. The molecule has 0 atom stereocenters. The van der Waals surface area contributed by atoms with E-state index in [0.29, 0.717) is 0 Å². The van der Waals surface area contributed by atoms with E-state index in [9.17, 15) is 20.1 Å². The zero-order valence-electron chi connectivity index (χ0n) is 11.9. The molecule has 0 radical (unpaired) electrons. The number of hydrogen-bond donors (Lipinski definition) is 4. The summed E-state index contributed by atoms with van der Waals surface area (Å²) in [6.45, 7) is 0.491. The molecule has 0 aliphatic heterocycles. The van der Waals surface area contributed by atoms with Gasteiger partial charge in [0.1, 0.15) is 0 Å². The number of hydrogen-bond acceptors (Lipinski definition) is 6. The third kappa shape index (κ3) is 5.91. The molecule has 0 aliphatic rings. The van der Waals surface area contributed by atoms with Crippen molar-refractivity contribution in [2.45, 2.75) is 38.5 Å². The lowest BCUT2D eigenvalue weighted by atomic mass is 10.1. The molecule has 21 heavy (non-hydrogen) atoms. The maximum absolute atomic E-state index is 11.7. The van der Waals surface area contributed by atoms with Crippen molar-refractivity contribution in [2.24, 2.45) is 0 Å². The van der Waals surface area contributed by atoms with Gasteiger partial charge in [-0.2, -0.15) is 0 Å². The van der Waals surface area contributed by atoms with Gasteiger partial charge in [0.05, 0.1) is 12.2 Å². The second-order valence-electron chi connectivity index (χ2n) is 4.84. The van der Waals surface area contributed by atoms with Crippen LogP contribution in [-0.4, -0.2) is 39.6 Å². The number of carbonyl (C=O) groups excluding carboxylic acids is 1. The summed E-state index contributed by atoms with van der Waals surface area (Å²) in [4.78, 5) is 11.7. The van der Waals surface area contributed by atoms with Gasteiger partial charge in [0.15, 0.2) is 17.2 Å². The summed E-state index contributed by atoms with van der Waals surface area (Å²) >= 11 is 0. The van der Waals surface area contributed by atoms with Gasteiger partial charge < -0.3 is 25.2 Å². The fourth-order valence-electron chi connectivity index (χ4n) is 1.89. The van der Waals surface area contributed by atoms with E-state index in [-0.39, 0.29) is 18.8 Å². The van der Waals surface area contributed by atoms with Crippen molar-refractivity contribution in [3.05, 3.63) is 17.7 Å². The Labute approximate surface area is 123 Å². The zero-order chi connectivity index (χ0) is 15.7. The molecule has 0 spiro atoms. The van der Waals surface area contributed by atoms with E-state index < -0.39 is 23.2 Å². The number of esters is 1. The smallest absolute Gasteiger partial charge is 0.338 e. The van der Waals surface area contributed by atoms with Crippen molar-refractivity contribution in [2.75, 3.05) is 13.2 Å². The summed E-state index contributed by atoms with van der Waals surface area (Å²) in [6, 6.07) is 2.10. The van der Waals surface area contributed by atoms with E-state index in [4.69, 9.17) is 9.84 Å². The Morgan fingerprint density at radius 2 is 1.43 bits per heavy atom. The van der Waals surface area contributed by atoms with Crippen LogP contribution in [0.1, 0.15) is 48.9 Å². The van der Waals surface area contributed by atoms with Crippen molar-refractivity contribution >= 4 is 5.97 Å². The van der Waals surface area contributed by atoms with Crippen LogP contribution in [0.4, 0.5) is 0 Å². The number of aromatic hydroxyl groups is 3. The average Bonchev–Trinajstić information content (AvgIpc) is 2.46. The Kier molecular flexibility index (Phi) is 7.39. The van der Waals surface area contributed by atoms with Gasteiger partial charge in [0.2, 0.25) is 0 Å². The molecule has 0 saturated heterocycles. The van der Waals surface area contributed by atoms with Crippen LogP contribution in [-0.2, 0) is 4.74 Å². The van der Waals surface area contributed by atoms with Gasteiger partial charge in [-0.3, -0.25) is 0 Å². The summed E-state index contributed by atoms with van der Waals surface area (Å²) in [7, 11) is 0. The number of phenolic OH excluding ortho intramolecular Hbond substituents is 3. The van der Waals surface area contributed by atoms with Crippen LogP contribution in [0.3, 0.4) is 0 Å². The number of carbonyl (C=O) groups is 1. The SMILES string of the molecule is O=C(OCCCCCCCCO)c1cc(O)c(O)c(O)c1. The van der Waals surface area contributed by atoms with Crippen LogP contribution in [0.25, 0.3) is 0 Å². The van der Waals surface area contributed by atoms with Gasteiger partial charge in [0, 0.05) is 6.61 Å². The summed E-state index contributed by atoms with van der Waals surface area (Å²) < 4.78 is 5.02. The standard InChI is InChI=1S/C15H22O6/c16-7-5-3-1-2-4-6-8-21-15(20)11-9-12(17)14(19)13(18)10-11/h9-10,16-19H,1-8H2. The van der Waals surface area contributed by atoms with Crippen molar-refractivity contribution in [3.63, 3.8) is 0 Å². The molecule has 118 valence electrons. The molecule has 6 heteroatoms. The molecular formula is C15H22O6. The van der Waals surface area contributed by atoms with Crippen molar-refractivity contribution < 1.29 is 30.0 Å². The number of phenols is 3. The first kappa shape index (κ1) is 17.1. The lowest BCUT2D eigenvalue weighted by Gasteiger charge is -2.07. The number of aliphatic hydroxyl groups excluding tert-OH is 1. The molecule has 0 fully saturated rings. The Morgan fingerprint density at radius 3 is 2.00 bits per heavy atom. The molecule has 0 amide bonds. The molecular weight excluding hydrogens is 276 g/mol. The fraction of sp³-hybridized carbons (Fsp3) is 0.533. The maximum Gasteiger partial charge on any atom is 0.338 e. The lowest BCUT2D eigenvalue weighted by Crippen LogP contribution is -2.06. The van der Waals surface area contributed by atoms with Crippen LogP contribution in [0, 0.1) is 0 Å². The summed E-state index contributed by atoms with van der Waals surface area (Å²) in [6.07, 6.45) is 5.57. The van der Waals surface area contributed by atoms with Crippen LogP contribution >= 0.6 is 0 Å². The monoisotopic (exact) mass is 298 g/mol.